The average molecular weight is 663 g/mol. The molecule has 0 unspecified atom stereocenters. The highest BCUT2D eigenvalue weighted by molar-refractivity contribution is 7.89. The van der Waals surface area contributed by atoms with Gasteiger partial charge in [-0.1, -0.05) is 12.1 Å². The summed E-state index contributed by atoms with van der Waals surface area (Å²) in [6, 6.07) is 10.1. The fraction of sp³-hybridized carbons (Fsp3) is 0.469. The van der Waals surface area contributed by atoms with E-state index in [1.165, 1.54) is 28.6 Å². The minimum Gasteiger partial charge on any atom is -0.338 e. The Labute approximate surface area is 266 Å². The molecule has 248 valence electrons. The second-order valence-electron chi connectivity index (χ2n) is 11.9. The lowest BCUT2D eigenvalue weighted by atomic mass is 10.0. The Hall–Kier alpha value is -3.46. The molecule has 5 rings (SSSR count). The van der Waals surface area contributed by atoms with E-state index in [0.717, 1.165) is 50.4 Å². The summed E-state index contributed by atoms with van der Waals surface area (Å²) in [5.41, 5.74) is 0.704. The summed E-state index contributed by atoms with van der Waals surface area (Å²) >= 11 is 0. The maximum absolute atomic E-state index is 13.4. The first-order valence-electron chi connectivity index (χ1n) is 15.3. The van der Waals surface area contributed by atoms with Crippen molar-refractivity contribution in [1.29, 1.82) is 0 Å². The molecule has 2 aliphatic rings. The molecule has 0 bridgehead atoms. The van der Waals surface area contributed by atoms with Crippen molar-refractivity contribution in [1.82, 2.24) is 24.1 Å². The molecule has 0 amide bonds. The van der Waals surface area contributed by atoms with E-state index in [4.69, 9.17) is 9.97 Å². The third-order valence-electron chi connectivity index (χ3n) is 8.42. The first kappa shape index (κ1) is 33.9. The lowest BCUT2D eigenvalue weighted by molar-refractivity contribution is -0.137. The van der Waals surface area contributed by atoms with Gasteiger partial charge in [0.25, 0.3) is 0 Å². The third kappa shape index (κ3) is 8.08. The molecule has 2 aliphatic heterocycles. The molecule has 0 N–H and O–H groups in total. The number of hydrogen-bond acceptors (Lipinski definition) is 8. The predicted molar refractivity (Wildman–Crippen MR) is 166 cm³/mol. The van der Waals surface area contributed by atoms with E-state index in [0.29, 0.717) is 48.8 Å². The number of anilines is 1. The van der Waals surface area contributed by atoms with Gasteiger partial charge in [0.15, 0.2) is 5.78 Å². The van der Waals surface area contributed by atoms with Crippen LogP contribution in [-0.2, 0) is 27.4 Å². The van der Waals surface area contributed by atoms with Crippen molar-refractivity contribution in [2.45, 2.75) is 42.8 Å². The summed E-state index contributed by atoms with van der Waals surface area (Å²) in [6.07, 6.45) is -3.35. The lowest BCUT2D eigenvalue weighted by Crippen LogP contribution is -2.48. The lowest BCUT2D eigenvalue weighted by Gasteiger charge is -2.35. The number of carbonyl (C=O) groups excluding carboxylic acids is 1. The predicted octanol–water partition coefficient (Wildman–Crippen LogP) is 4.34. The average Bonchev–Trinajstić information content (AvgIpc) is 3.54. The number of likely N-dealkylation sites (N-methyl/N-ethyl adjacent to an activating group) is 1. The van der Waals surface area contributed by atoms with Crippen LogP contribution < -0.4 is 4.90 Å². The zero-order valence-electron chi connectivity index (χ0n) is 25.9. The van der Waals surface area contributed by atoms with E-state index in [1.807, 2.05) is 19.0 Å². The van der Waals surface area contributed by atoms with Crippen LogP contribution >= 0.6 is 0 Å². The van der Waals surface area contributed by atoms with Crippen molar-refractivity contribution in [3.63, 3.8) is 0 Å². The number of benzene rings is 2. The number of piperazine rings is 1. The maximum atomic E-state index is 13.4. The van der Waals surface area contributed by atoms with Gasteiger partial charge in [-0.3, -0.25) is 9.69 Å². The first-order valence-corrected chi connectivity index (χ1v) is 16.7. The minimum atomic E-state index is -4.47. The van der Waals surface area contributed by atoms with E-state index in [9.17, 15) is 30.8 Å². The fourth-order valence-electron chi connectivity index (χ4n) is 5.75. The van der Waals surface area contributed by atoms with Gasteiger partial charge in [-0.15, -0.1) is 0 Å². The number of ketones is 1. The quantitative estimate of drug-likeness (QED) is 0.281. The summed E-state index contributed by atoms with van der Waals surface area (Å²) < 4.78 is 80.8. The Morgan fingerprint density at radius 3 is 2.26 bits per heavy atom. The summed E-state index contributed by atoms with van der Waals surface area (Å²) in [6.45, 7) is 4.98. The molecule has 3 heterocycles. The van der Waals surface area contributed by atoms with Gasteiger partial charge in [0, 0.05) is 63.5 Å². The normalized spacial score (nSPS) is 18.4. The van der Waals surface area contributed by atoms with Crippen molar-refractivity contribution in [2.24, 2.45) is 0 Å². The van der Waals surface area contributed by atoms with E-state index in [1.54, 1.807) is 6.07 Å². The molecule has 2 aromatic carbocycles. The molecule has 0 aliphatic carbocycles. The van der Waals surface area contributed by atoms with Gasteiger partial charge in [0.1, 0.15) is 5.82 Å². The van der Waals surface area contributed by atoms with Crippen LogP contribution in [0.1, 0.15) is 30.5 Å². The van der Waals surface area contributed by atoms with Crippen LogP contribution in [0, 0.1) is 5.82 Å². The number of hydrogen-bond donors (Lipinski definition) is 0. The number of halogens is 4. The van der Waals surface area contributed by atoms with Crippen LogP contribution in [0.15, 0.2) is 59.5 Å². The van der Waals surface area contributed by atoms with Crippen LogP contribution in [0.25, 0.3) is 11.3 Å². The highest BCUT2D eigenvalue weighted by Gasteiger charge is 2.39. The largest absolute Gasteiger partial charge is 0.416 e. The number of Topliss-reactive ketones (excluding diaryl/α,β-unsaturated/α-hetero) is 1. The van der Waals surface area contributed by atoms with Gasteiger partial charge in [-0.25, -0.2) is 22.8 Å². The number of rotatable bonds is 11. The van der Waals surface area contributed by atoms with Crippen molar-refractivity contribution < 1.29 is 30.8 Å². The van der Waals surface area contributed by atoms with E-state index < -0.39 is 33.6 Å². The summed E-state index contributed by atoms with van der Waals surface area (Å²) in [4.78, 5) is 29.4. The molecule has 0 saturated carbocycles. The Morgan fingerprint density at radius 1 is 0.957 bits per heavy atom. The molecule has 2 fully saturated rings. The minimum absolute atomic E-state index is 0.0152. The van der Waals surface area contributed by atoms with Crippen LogP contribution in [-0.4, -0.2) is 104 Å². The Kier molecular flexibility index (Phi) is 10.4. The molecule has 1 aromatic heterocycles. The monoisotopic (exact) mass is 662 g/mol. The van der Waals surface area contributed by atoms with Crippen LogP contribution in [0.2, 0.25) is 0 Å². The molecular formula is C32H38F4N6O3S. The van der Waals surface area contributed by atoms with Crippen molar-refractivity contribution in [3.8, 4) is 11.3 Å². The van der Waals surface area contributed by atoms with Crippen LogP contribution in [0.3, 0.4) is 0 Å². The van der Waals surface area contributed by atoms with E-state index >= 15 is 0 Å². The molecule has 0 radical (unpaired) electrons. The van der Waals surface area contributed by atoms with E-state index in [-0.39, 0.29) is 30.1 Å². The molecular weight excluding hydrogens is 624 g/mol. The third-order valence-corrected chi connectivity index (χ3v) is 10.3. The standard InChI is InChI=1S/C32H38F4N6O3S/c1-39(2)16-17-40-18-20-41(21-19-40)31-37-26(22-28(38-31)23-5-7-24(8-6-23)32(34,35)36)11-14-30(43)29-4-3-15-42(29)46(44,45)27-12-9-25(33)10-13-27/h5-10,12-13,22,29H,3-4,11,14-21H2,1-2H3/t29-/m0/s1. The number of nitrogens with zero attached hydrogens (tertiary/aromatic N) is 6. The van der Waals surface area contributed by atoms with Gasteiger partial charge in [-0.2, -0.15) is 17.5 Å². The highest BCUT2D eigenvalue weighted by Crippen LogP contribution is 2.32. The maximum Gasteiger partial charge on any atom is 0.416 e. The zero-order chi connectivity index (χ0) is 33.1. The van der Waals surface area contributed by atoms with Crippen molar-refractivity contribution >= 4 is 21.8 Å². The van der Waals surface area contributed by atoms with Gasteiger partial charge < -0.3 is 9.80 Å². The number of carbonyl (C=O) groups is 1. The topological polar surface area (TPSA) is 90.0 Å². The molecule has 1 atom stereocenters. The SMILES string of the molecule is CN(C)CCN1CCN(c2nc(CCC(=O)[C@@H]3CCCN3S(=O)(=O)c3ccc(F)cc3)cc(-c3ccc(C(F)(F)F)cc3)n2)CC1. The van der Waals surface area contributed by atoms with Crippen LogP contribution in [0.5, 0.6) is 0 Å². The number of aromatic nitrogens is 2. The molecule has 3 aromatic rings. The second kappa shape index (κ2) is 14.1. The molecule has 2 saturated heterocycles. The number of alkyl halides is 3. The van der Waals surface area contributed by atoms with Gasteiger partial charge in [-0.05, 0) is 75.8 Å². The van der Waals surface area contributed by atoms with Crippen molar-refractivity contribution in [3.05, 3.63) is 71.7 Å². The van der Waals surface area contributed by atoms with Gasteiger partial charge >= 0.3 is 6.18 Å². The van der Waals surface area contributed by atoms with Gasteiger partial charge in [0.05, 0.1) is 22.2 Å². The van der Waals surface area contributed by atoms with Gasteiger partial charge in [0.2, 0.25) is 16.0 Å². The Morgan fingerprint density at radius 2 is 1.63 bits per heavy atom. The molecule has 0 spiro atoms. The number of sulfonamides is 1. The molecule has 46 heavy (non-hydrogen) atoms. The number of aryl methyl sites for hydroxylation is 1. The summed E-state index contributed by atoms with van der Waals surface area (Å²) in [5.74, 6) is -0.374. The zero-order valence-corrected chi connectivity index (χ0v) is 26.7. The van der Waals surface area contributed by atoms with E-state index in [2.05, 4.69) is 9.80 Å². The molecule has 9 nitrogen and oxygen atoms in total. The smallest absolute Gasteiger partial charge is 0.338 e. The Balaban J connectivity index is 1.35. The summed E-state index contributed by atoms with van der Waals surface area (Å²) in [5, 5.41) is 0. The molecule has 14 heteroatoms. The summed E-state index contributed by atoms with van der Waals surface area (Å²) in [7, 11) is 0.0538. The fourth-order valence-corrected chi connectivity index (χ4v) is 7.43. The highest BCUT2D eigenvalue weighted by atomic mass is 32.2. The first-order chi connectivity index (χ1) is 21.8. The Bertz CT molecular complexity index is 1610. The second-order valence-corrected chi connectivity index (χ2v) is 13.8. The van der Waals surface area contributed by atoms with Crippen LogP contribution in [0.4, 0.5) is 23.5 Å². The van der Waals surface area contributed by atoms with Crippen molar-refractivity contribution in [2.75, 3.05) is 64.8 Å².